The summed E-state index contributed by atoms with van der Waals surface area (Å²) in [6.07, 6.45) is 3.52. The minimum Gasteiger partial charge on any atom is -0.465 e. The molecule has 0 atom stereocenters. The molecule has 3 aromatic rings. The van der Waals surface area contributed by atoms with Crippen molar-refractivity contribution in [2.75, 3.05) is 7.11 Å². The van der Waals surface area contributed by atoms with Gasteiger partial charge in [0.1, 0.15) is 4.88 Å². The maximum atomic E-state index is 12.1. The van der Waals surface area contributed by atoms with Crippen LogP contribution in [-0.4, -0.2) is 18.1 Å². The van der Waals surface area contributed by atoms with Crippen LogP contribution in [0.4, 0.5) is 0 Å². The maximum absolute atomic E-state index is 12.1. The van der Waals surface area contributed by atoms with Crippen LogP contribution >= 0.6 is 33.9 Å². The second kappa shape index (κ2) is 6.58. The van der Waals surface area contributed by atoms with Crippen molar-refractivity contribution in [1.82, 2.24) is 4.98 Å². The van der Waals surface area contributed by atoms with Crippen LogP contribution < -0.4 is 0 Å². The molecular weight excluding hydrogens is 409 g/mol. The van der Waals surface area contributed by atoms with Gasteiger partial charge in [-0.15, -0.1) is 11.3 Å². The number of methoxy groups -OCH3 is 1. The Kier molecular flexibility index (Phi) is 4.54. The van der Waals surface area contributed by atoms with E-state index in [9.17, 15) is 4.79 Å². The molecule has 2 heterocycles. The van der Waals surface area contributed by atoms with E-state index in [1.54, 1.807) is 12.4 Å². The minimum absolute atomic E-state index is 0.310. The smallest absolute Gasteiger partial charge is 0.348 e. The van der Waals surface area contributed by atoms with E-state index in [2.05, 4.69) is 27.6 Å². The highest BCUT2D eigenvalue weighted by Crippen LogP contribution is 2.38. The molecule has 0 N–H and O–H groups in total. The van der Waals surface area contributed by atoms with Gasteiger partial charge in [-0.1, -0.05) is 30.3 Å². The largest absolute Gasteiger partial charge is 0.465 e. The van der Waals surface area contributed by atoms with Crippen LogP contribution in [0.3, 0.4) is 0 Å². The summed E-state index contributed by atoms with van der Waals surface area (Å²) in [5.41, 5.74) is 2.98. The fourth-order valence-corrected chi connectivity index (χ4v) is 3.90. The van der Waals surface area contributed by atoms with Crippen LogP contribution in [0.1, 0.15) is 9.67 Å². The predicted octanol–water partition coefficient (Wildman–Crippen LogP) is 4.87. The molecule has 0 radical (unpaired) electrons. The fourth-order valence-electron chi connectivity index (χ4n) is 2.17. The fraction of sp³-hybridized carbons (Fsp3) is 0.0588. The van der Waals surface area contributed by atoms with E-state index in [0.29, 0.717) is 4.88 Å². The van der Waals surface area contributed by atoms with Crippen LogP contribution in [0.5, 0.6) is 0 Å². The normalized spacial score (nSPS) is 10.5. The molecule has 2 aromatic heterocycles. The molecule has 0 amide bonds. The third-order valence-corrected chi connectivity index (χ3v) is 5.25. The van der Waals surface area contributed by atoms with Crippen molar-refractivity contribution in [3.8, 4) is 21.6 Å². The highest BCUT2D eigenvalue weighted by Gasteiger charge is 2.20. The van der Waals surface area contributed by atoms with Gasteiger partial charge in [-0.2, -0.15) is 0 Å². The molecular formula is C17H12INO2S. The first-order valence-corrected chi connectivity index (χ1v) is 8.47. The Morgan fingerprint density at radius 3 is 2.64 bits per heavy atom. The van der Waals surface area contributed by atoms with Crippen molar-refractivity contribution in [2.45, 2.75) is 0 Å². The number of hydrogen-bond donors (Lipinski definition) is 0. The number of aromatic nitrogens is 1. The van der Waals surface area contributed by atoms with Crippen LogP contribution in [0.25, 0.3) is 21.6 Å². The van der Waals surface area contributed by atoms with Crippen LogP contribution in [0, 0.1) is 3.57 Å². The molecule has 0 saturated heterocycles. The van der Waals surface area contributed by atoms with Gasteiger partial charge < -0.3 is 4.74 Å². The number of carbonyl (C=O) groups excluding carboxylic acids is 1. The van der Waals surface area contributed by atoms with E-state index in [4.69, 9.17) is 4.74 Å². The van der Waals surface area contributed by atoms with E-state index in [1.807, 2.05) is 42.5 Å². The summed E-state index contributed by atoms with van der Waals surface area (Å²) < 4.78 is 5.94. The van der Waals surface area contributed by atoms with E-state index in [0.717, 1.165) is 25.1 Å². The number of thiophene rings is 1. The Bertz CT molecular complexity index is 815. The maximum Gasteiger partial charge on any atom is 0.348 e. The number of ether oxygens (including phenoxy) is 1. The third-order valence-electron chi connectivity index (χ3n) is 3.22. The second-order valence-corrected chi connectivity index (χ2v) is 6.78. The number of carbonyl (C=O) groups is 1. The molecule has 3 nitrogen and oxygen atoms in total. The molecule has 22 heavy (non-hydrogen) atoms. The molecule has 0 bridgehead atoms. The van der Waals surface area contributed by atoms with Gasteiger partial charge in [-0.25, -0.2) is 4.79 Å². The molecule has 0 aliphatic carbocycles. The summed E-state index contributed by atoms with van der Waals surface area (Å²) >= 11 is 3.68. The first-order valence-electron chi connectivity index (χ1n) is 6.58. The summed E-state index contributed by atoms with van der Waals surface area (Å²) in [4.78, 5) is 17.9. The molecule has 5 heteroatoms. The molecule has 0 unspecified atom stereocenters. The molecule has 3 rings (SSSR count). The first-order chi connectivity index (χ1) is 10.7. The zero-order valence-electron chi connectivity index (χ0n) is 11.7. The van der Waals surface area contributed by atoms with Gasteiger partial charge in [-0.3, -0.25) is 4.98 Å². The minimum atomic E-state index is -0.310. The van der Waals surface area contributed by atoms with Crippen LogP contribution in [0.15, 0.2) is 54.9 Å². The predicted molar refractivity (Wildman–Crippen MR) is 97.0 cm³/mol. The zero-order valence-corrected chi connectivity index (χ0v) is 14.7. The highest BCUT2D eigenvalue weighted by molar-refractivity contribution is 14.1. The number of pyridine rings is 1. The Hall–Kier alpha value is -1.73. The van der Waals surface area contributed by atoms with Crippen molar-refractivity contribution >= 4 is 39.9 Å². The standard InChI is InChI=1S/C17H12INO2S/c1-21-17(20)16-13(12-7-8-19-10-14(12)18)9-15(22-16)11-5-3-2-4-6-11/h2-10H,1H3. The van der Waals surface area contributed by atoms with Gasteiger partial charge in [0.05, 0.1) is 7.11 Å². The lowest BCUT2D eigenvalue weighted by Gasteiger charge is -2.04. The third kappa shape index (κ3) is 2.91. The summed E-state index contributed by atoms with van der Waals surface area (Å²) in [5, 5.41) is 0. The number of esters is 1. The average molecular weight is 421 g/mol. The zero-order chi connectivity index (χ0) is 15.5. The Morgan fingerprint density at radius 1 is 1.18 bits per heavy atom. The SMILES string of the molecule is COC(=O)c1sc(-c2ccccc2)cc1-c1ccncc1I. The number of hydrogen-bond acceptors (Lipinski definition) is 4. The van der Waals surface area contributed by atoms with E-state index < -0.39 is 0 Å². The van der Waals surface area contributed by atoms with Gasteiger partial charge in [0.15, 0.2) is 0 Å². The monoisotopic (exact) mass is 421 g/mol. The summed E-state index contributed by atoms with van der Waals surface area (Å²) in [6.45, 7) is 0. The molecule has 0 spiro atoms. The highest BCUT2D eigenvalue weighted by atomic mass is 127. The lowest BCUT2D eigenvalue weighted by atomic mass is 10.1. The summed E-state index contributed by atoms with van der Waals surface area (Å²) in [7, 11) is 1.41. The van der Waals surface area contributed by atoms with Gasteiger partial charge in [0.2, 0.25) is 0 Å². The molecule has 0 fully saturated rings. The second-order valence-electron chi connectivity index (χ2n) is 4.57. The molecule has 0 saturated carbocycles. The van der Waals surface area contributed by atoms with Crippen molar-refractivity contribution < 1.29 is 9.53 Å². The van der Waals surface area contributed by atoms with Gasteiger partial charge >= 0.3 is 5.97 Å². The number of benzene rings is 1. The first kappa shape index (κ1) is 15.2. The lowest BCUT2D eigenvalue weighted by Crippen LogP contribution is -2.00. The van der Waals surface area contributed by atoms with Gasteiger partial charge in [0.25, 0.3) is 0 Å². The van der Waals surface area contributed by atoms with Gasteiger partial charge in [0, 0.05) is 26.4 Å². The van der Waals surface area contributed by atoms with Gasteiger partial charge in [-0.05, 0) is 45.9 Å². The van der Waals surface area contributed by atoms with E-state index >= 15 is 0 Å². The Labute approximate surface area is 146 Å². The van der Waals surface area contributed by atoms with E-state index in [1.165, 1.54) is 18.4 Å². The lowest BCUT2D eigenvalue weighted by molar-refractivity contribution is 0.0607. The van der Waals surface area contributed by atoms with Crippen molar-refractivity contribution in [3.05, 3.63) is 63.3 Å². The number of rotatable bonds is 3. The van der Waals surface area contributed by atoms with Crippen molar-refractivity contribution in [3.63, 3.8) is 0 Å². The van der Waals surface area contributed by atoms with Crippen molar-refractivity contribution in [2.24, 2.45) is 0 Å². The number of halogens is 1. The molecule has 0 aliphatic rings. The van der Waals surface area contributed by atoms with E-state index in [-0.39, 0.29) is 5.97 Å². The van der Waals surface area contributed by atoms with Crippen LogP contribution in [-0.2, 0) is 4.74 Å². The quantitative estimate of drug-likeness (QED) is 0.448. The Morgan fingerprint density at radius 2 is 1.95 bits per heavy atom. The topological polar surface area (TPSA) is 39.2 Å². The Balaban J connectivity index is 2.19. The average Bonchev–Trinajstić information content (AvgIpc) is 3.00. The molecule has 1 aromatic carbocycles. The number of nitrogens with zero attached hydrogens (tertiary/aromatic N) is 1. The summed E-state index contributed by atoms with van der Waals surface area (Å²) in [6, 6.07) is 14.0. The molecule has 110 valence electrons. The van der Waals surface area contributed by atoms with Crippen molar-refractivity contribution in [1.29, 1.82) is 0 Å². The van der Waals surface area contributed by atoms with Crippen LogP contribution in [0.2, 0.25) is 0 Å². The molecule has 0 aliphatic heterocycles. The summed E-state index contributed by atoms with van der Waals surface area (Å²) in [5.74, 6) is -0.310.